The van der Waals surface area contributed by atoms with Crippen LogP contribution in [0, 0.1) is 0 Å². The molecule has 6 heteroatoms. The third-order valence-electron chi connectivity index (χ3n) is 12.7. The van der Waals surface area contributed by atoms with Gasteiger partial charge in [-0.15, -0.1) is 68.0 Å². The molecule has 6 heterocycles. The first-order chi connectivity index (χ1) is 31.7. The van der Waals surface area contributed by atoms with E-state index in [0.29, 0.717) is 0 Å². The van der Waals surface area contributed by atoms with Crippen molar-refractivity contribution in [3.63, 3.8) is 0 Å². The van der Waals surface area contributed by atoms with Crippen LogP contribution in [0.15, 0.2) is 121 Å². The number of thiophene rings is 6. The molecule has 0 radical (unpaired) electrons. The lowest BCUT2D eigenvalue weighted by molar-refractivity contribution is 0.576. The van der Waals surface area contributed by atoms with Gasteiger partial charge in [-0.2, -0.15) is 0 Å². The first kappa shape index (κ1) is 45.5. The summed E-state index contributed by atoms with van der Waals surface area (Å²) in [6.07, 6.45) is 24.4. The van der Waals surface area contributed by atoms with E-state index in [9.17, 15) is 0 Å². The van der Waals surface area contributed by atoms with E-state index in [4.69, 9.17) is 0 Å². The number of hydrogen-bond acceptors (Lipinski definition) is 6. The molecule has 6 aromatic heterocycles. The van der Waals surface area contributed by atoms with Gasteiger partial charge in [0.2, 0.25) is 0 Å². The molecule has 0 nitrogen and oxygen atoms in total. The van der Waals surface area contributed by atoms with Gasteiger partial charge in [0.25, 0.3) is 0 Å². The molecule has 0 saturated carbocycles. The van der Waals surface area contributed by atoms with Crippen LogP contribution in [-0.2, 0) is 12.8 Å². The number of fused-ring (bicyclic) bond motifs is 2. The van der Waals surface area contributed by atoms with Crippen molar-refractivity contribution in [2.45, 2.75) is 129 Å². The van der Waals surface area contributed by atoms with Gasteiger partial charge < -0.3 is 0 Å². The quantitative estimate of drug-likeness (QED) is 0.0418. The average molecular weight is 952 g/mol. The molecule has 9 rings (SSSR count). The van der Waals surface area contributed by atoms with Gasteiger partial charge in [-0.25, -0.2) is 0 Å². The smallest absolute Gasteiger partial charge is 0.0449 e. The topological polar surface area (TPSA) is 0 Å². The molecule has 0 amide bonds. The van der Waals surface area contributed by atoms with Crippen LogP contribution in [0.2, 0.25) is 0 Å². The maximum absolute atomic E-state index is 2.37. The molecule has 64 heavy (non-hydrogen) atoms. The second-order valence-electron chi connectivity index (χ2n) is 17.5. The van der Waals surface area contributed by atoms with Gasteiger partial charge >= 0.3 is 0 Å². The van der Waals surface area contributed by atoms with Crippen molar-refractivity contribution in [1.29, 1.82) is 0 Å². The van der Waals surface area contributed by atoms with Crippen molar-refractivity contribution in [2.24, 2.45) is 0 Å². The summed E-state index contributed by atoms with van der Waals surface area (Å²) in [4.78, 5) is 16.7. The first-order valence-corrected chi connectivity index (χ1v) is 29.1. The molecule has 3 aromatic carbocycles. The highest BCUT2D eigenvalue weighted by molar-refractivity contribution is 7.28. The van der Waals surface area contributed by atoms with Crippen molar-refractivity contribution < 1.29 is 0 Å². The van der Waals surface area contributed by atoms with Crippen LogP contribution in [-0.4, -0.2) is 0 Å². The summed E-state index contributed by atoms with van der Waals surface area (Å²) in [5.74, 6) is 0. The predicted molar refractivity (Wildman–Crippen MR) is 294 cm³/mol. The largest absolute Gasteiger partial charge is 0.139 e. The zero-order valence-electron chi connectivity index (χ0n) is 37.7. The number of aryl methyl sites for hydroxylation is 2. The molecule has 0 atom stereocenters. The van der Waals surface area contributed by atoms with Crippen LogP contribution in [0.25, 0.3) is 81.4 Å². The van der Waals surface area contributed by atoms with E-state index in [1.54, 1.807) is 0 Å². The fourth-order valence-electron chi connectivity index (χ4n) is 9.23. The van der Waals surface area contributed by atoms with E-state index in [1.165, 1.54) is 207 Å². The van der Waals surface area contributed by atoms with E-state index in [2.05, 4.69) is 135 Å². The van der Waals surface area contributed by atoms with Crippen molar-refractivity contribution >= 4 is 89.6 Å². The van der Waals surface area contributed by atoms with Crippen LogP contribution >= 0.6 is 68.0 Å². The predicted octanol–water partition coefficient (Wildman–Crippen LogP) is 21.7. The summed E-state index contributed by atoms with van der Waals surface area (Å²) in [5, 5.41) is 5.31. The van der Waals surface area contributed by atoms with E-state index < -0.39 is 0 Å². The summed E-state index contributed by atoms with van der Waals surface area (Å²) in [7, 11) is 0. The lowest BCUT2D eigenvalue weighted by Crippen LogP contribution is -1.87. The highest BCUT2D eigenvalue weighted by Gasteiger charge is 2.20. The Hall–Kier alpha value is -3.62. The first-order valence-electron chi connectivity index (χ1n) is 24.2. The summed E-state index contributed by atoms with van der Waals surface area (Å²) in [5.41, 5.74) is 2.70. The fraction of sp³-hybridized carbons (Fsp3) is 0.345. The zero-order chi connectivity index (χ0) is 43.5. The van der Waals surface area contributed by atoms with Gasteiger partial charge in [0.05, 0.1) is 0 Å². The normalized spacial score (nSPS) is 11.8. The van der Waals surface area contributed by atoms with Crippen LogP contribution < -0.4 is 0 Å². The Kier molecular flexibility index (Phi) is 16.2. The Bertz CT molecular complexity index is 2600. The Morgan fingerprint density at radius 3 is 0.828 bits per heavy atom. The summed E-state index contributed by atoms with van der Waals surface area (Å²) in [6.45, 7) is 4.60. The second kappa shape index (κ2) is 22.7. The Morgan fingerprint density at radius 1 is 0.250 bits per heavy atom. The number of rotatable bonds is 24. The molecule has 0 fully saturated rings. The minimum absolute atomic E-state index is 1.21. The number of benzene rings is 3. The van der Waals surface area contributed by atoms with Gasteiger partial charge in [0.1, 0.15) is 0 Å². The molecule has 0 aliphatic heterocycles. The molecule has 0 aliphatic rings. The molecule has 0 N–H and O–H groups in total. The van der Waals surface area contributed by atoms with Crippen LogP contribution in [0.4, 0.5) is 0 Å². The Labute approximate surface area is 406 Å². The Balaban J connectivity index is 0.899. The van der Waals surface area contributed by atoms with E-state index in [0.717, 1.165) is 0 Å². The minimum Gasteiger partial charge on any atom is -0.139 e. The van der Waals surface area contributed by atoms with Gasteiger partial charge in [0, 0.05) is 69.7 Å². The maximum Gasteiger partial charge on any atom is 0.0449 e. The summed E-state index contributed by atoms with van der Waals surface area (Å²) < 4.78 is 0. The third-order valence-corrected chi connectivity index (χ3v) is 20.1. The van der Waals surface area contributed by atoms with Gasteiger partial charge in [-0.05, 0) is 120 Å². The maximum atomic E-state index is 2.37. The summed E-state index contributed by atoms with van der Waals surface area (Å²) in [6, 6.07) is 46.5. The molecule has 0 unspecified atom stereocenters. The minimum atomic E-state index is 1.21. The van der Waals surface area contributed by atoms with Crippen molar-refractivity contribution in [2.75, 3.05) is 0 Å². The lowest BCUT2D eigenvalue weighted by Gasteiger charge is -2.15. The average Bonchev–Trinajstić information content (AvgIpc) is 4.18. The molecular formula is C58H62S6. The van der Waals surface area contributed by atoms with Gasteiger partial charge in [-0.3, -0.25) is 0 Å². The van der Waals surface area contributed by atoms with Gasteiger partial charge in [0.15, 0.2) is 0 Å². The lowest BCUT2D eigenvalue weighted by atomic mass is 9.90. The standard InChI is InChI=1S/C58H62S6/c1-3-5-7-9-11-13-15-17-23-41-29-31-47(59-41)49-33-35-51(61-49)53-37-39-55(63-53)57-43-25-19-21-27-45(43)58(46-28-22-20-26-44(46)57)56-40-38-54(64-56)52-36-34-50(62-52)48-32-30-42(60-48)24-18-16-14-12-10-8-6-4-2/h19-22,25-40H,3-18,23-24H2,1-2H3. The van der Waals surface area contributed by atoms with E-state index in [1.807, 2.05) is 68.0 Å². The van der Waals surface area contributed by atoms with E-state index >= 15 is 0 Å². The summed E-state index contributed by atoms with van der Waals surface area (Å²) >= 11 is 11.7. The molecular weight excluding hydrogens is 889 g/mol. The van der Waals surface area contributed by atoms with Crippen LogP contribution in [0.3, 0.4) is 0 Å². The second-order valence-corrected chi connectivity index (χ2v) is 24.2. The number of hydrogen-bond donors (Lipinski definition) is 0. The molecule has 0 saturated heterocycles. The molecule has 0 spiro atoms. The Morgan fingerprint density at radius 2 is 0.500 bits per heavy atom. The van der Waals surface area contributed by atoms with Crippen LogP contribution in [0.1, 0.15) is 126 Å². The highest BCUT2D eigenvalue weighted by atomic mass is 32.1. The van der Waals surface area contributed by atoms with Crippen molar-refractivity contribution in [3.8, 4) is 59.9 Å². The zero-order valence-corrected chi connectivity index (χ0v) is 42.6. The monoisotopic (exact) mass is 950 g/mol. The molecule has 330 valence electrons. The van der Waals surface area contributed by atoms with Crippen LogP contribution in [0.5, 0.6) is 0 Å². The van der Waals surface area contributed by atoms with Crippen molar-refractivity contribution in [3.05, 3.63) is 131 Å². The number of unbranched alkanes of at least 4 members (excludes halogenated alkanes) is 14. The fourth-order valence-corrected chi connectivity index (χ4v) is 15.9. The van der Waals surface area contributed by atoms with Crippen molar-refractivity contribution in [1.82, 2.24) is 0 Å². The van der Waals surface area contributed by atoms with E-state index in [-0.39, 0.29) is 0 Å². The third kappa shape index (κ3) is 11.0. The molecule has 0 aliphatic carbocycles. The molecule has 0 bridgehead atoms. The molecule has 9 aromatic rings. The van der Waals surface area contributed by atoms with Gasteiger partial charge in [-0.1, -0.05) is 152 Å². The SMILES string of the molecule is CCCCCCCCCCc1ccc(-c2ccc(-c3ccc(-c4c5ccccc5c(-c5ccc(-c6ccc(-c7ccc(CCCCCCCCCC)s7)s6)s5)c5ccccc45)s3)s2)s1. The highest BCUT2D eigenvalue weighted by Crippen LogP contribution is 2.50.